The molecule has 1 saturated heterocycles. The lowest BCUT2D eigenvalue weighted by molar-refractivity contribution is -0.0352. The van der Waals surface area contributed by atoms with Crippen LogP contribution in [0, 0.1) is 0 Å². The minimum atomic E-state index is 0.242. The molecule has 0 aromatic rings. The van der Waals surface area contributed by atoms with Crippen LogP contribution in [0.3, 0.4) is 0 Å². The molecule has 2 rings (SSSR count). The highest BCUT2D eigenvalue weighted by Gasteiger charge is 2.38. The molecule has 7 nitrogen and oxygen atoms in total. The number of hydrogen-bond donors (Lipinski definition) is 2. The van der Waals surface area contributed by atoms with Gasteiger partial charge in [-0.2, -0.15) is 0 Å². The van der Waals surface area contributed by atoms with Crippen molar-refractivity contribution in [3.05, 3.63) is 0 Å². The van der Waals surface area contributed by atoms with Crippen LogP contribution in [0.15, 0.2) is 4.99 Å². The van der Waals surface area contributed by atoms with Crippen LogP contribution in [0.2, 0.25) is 0 Å². The normalized spacial score (nSPS) is 20.9. The summed E-state index contributed by atoms with van der Waals surface area (Å²) in [4.78, 5) is 7.04. The quantitative estimate of drug-likeness (QED) is 0.298. The maximum atomic E-state index is 5.63. The first-order valence-electron chi connectivity index (χ1n) is 11.2. The van der Waals surface area contributed by atoms with Crippen molar-refractivity contribution in [2.24, 2.45) is 4.99 Å². The van der Waals surface area contributed by atoms with Gasteiger partial charge in [0.05, 0.1) is 33.0 Å². The molecule has 7 heteroatoms. The van der Waals surface area contributed by atoms with Gasteiger partial charge >= 0.3 is 0 Å². The average molecular weight is 399 g/mol. The summed E-state index contributed by atoms with van der Waals surface area (Å²) in [6.07, 6.45) is 8.81. The summed E-state index contributed by atoms with van der Waals surface area (Å²) in [5, 5.41) is 6.95. The van der Waals surface area contributed by atoms with Crippen LogP contribution in [0.5, 0.6) is 0 Å². The molecule has 2 aliphatic rings. The Hall–Kier alpha value is -0.890. The summed E-state index contributed by atoms with van der Waals surface area (Å²) >= 11 is 0. The number of unbranched alkanes of at least 4 members (excludes halogenated alkanes) is 1. The second-order valence-electron chi connectivity index (χ2n) is 7.82. The van der Waals surface area contributed by atoms with E-state index in [9.17, 15) is 0 Å². The number of ether oxygens (including phenoxy) is 3. The highest BCUT2D eigenvalue weighted by molar-refractivity contribution is 5.79. The van der Waals surface area contributed by atoms with E-state index in [2.05, 4.69) is 27.4 Å². The highest BCUT2D eigenvalue weighted by Crippen LogP contribution is 2.33. The number of hydrogen-bond acceptors (Lipinski definition) is 5. The van der Waals surface area contributed by atoms with E-state index in [0.29, 0.717) is 19.8 Å². The van der Waals surface area contributed by atoms with E-state index in [1.807, 2.05) is 7.05 Å². The van der Waals surface area contributed by atoms with E-state index in [0.717, 1.165) is 58.4 Å². The number of rotatable bonds is 12. The summed E-state index contributed by atoms with van der Waals surface area (Å²) in [5.74, 6) is 0.862. The third-order valence-electron chi connectivity index (χ3n) is 5.83. The fourth-order valence-corrected chi connectivity index (χ4v) is 4.13. The predicted octanol–water partition coefficient (Wildman–Crippen LogP) is 2.02. The SMILES string of the molecule is CCCCOCCOCCNC(=NC)NCC1(N2CCOCC2)CCCCC1. The molecule has 0 spiro atoms. The molecule has 1 saturated carbocycles. The molecular formula is C21H42N4O3. The van der Waals surface area contributed by atoms with Gasteiger partial charge in [-0.3, -0.25) is 9.89 Å². The fraction of sp³-hybridized carbons (Fsp3) is 0.952. The van der Waals surface area contributed by atoms with Crippen LogP contribution >= 0.6 is 0 Å². The maximum absolute atomic E-state index is 5.63. The molecule has 0 bridgehead atoms. The van der Waals surface area contributed by atoms with Crippen LogP contribution in [-0.4, -0.2) is 89.3 Å². The Balaban J connectivity index is 1.65. The van der Waals surface area contributed by atoms with Gasteiger partial charge < -0.3 is 24.8 Å². The Labute approximate surface area is 171 Å². The van der Waals surface area contributed by atoms with Crippen molar-refractivity contribution in [2.75, 3.05) is 72.9 Å². The van der Waals surface area contributed by atoms with Crippen molar-refractivity contribution in [3.8, 4) is 0 Å². The second-order valence-corrected chi connectivity index (χ2v) is 7.82. The van der Waals surface area contributed by atoms with Crippen molar-refractivity contribution in [1.82, 2.24) is 15.5 Å². The number of nitrogens with zero attached hydrogens (tertiary/aromatic N) is 2. The topological polar surface area (TPSA) is 67.4 Å². The summed E-state index contributed by atoms with van der Waals surface area (Å²) < 4.78 is 16.7. The summed E-state index contributed by atoms with van der Waals surface area (Å²) in [6, 6.07) is 0. The molecule has 0 atom stereocenters. The first-order chi connectivity index (χ1) is 13.8. The lowest BCUT2D eigenvalue weighted by Crippen LogP contribution is -2.60. The molecule has 0 aromatic heterocycles. The fourth-order valence-electron chi connectivity index (χ4n) is 4.13. The van der Waals surface area contributed by atoms with Gasteiger partial charge in [-0.05, 0) is 19.3 Å². The third-order valence-corrected chi connectivity index (χ3v) is 5.83. The van der Waals surface area contributed by atoms with Crippen molar-refractivity contribution in [1.29, 1.82) is 0 Å². The van der Waals surface area contributed by atoms with E-state index in [4.69, 9.17) is 14.2 Å². The smallest absolute Gasteiger partial charge is 0.191 e. The molecule has 1 aliphatic carbocycles. The molecule has 164 valence electrons. The van der Waals surface area contributed by atoms with E-state index in [-0.39, 0.29) is 5.54 Å². The Morgan fingerprint density at radius 3 is 2.39 bits per heavy atom. The third kappa shape index (κ3) is 8.23. The molecule has 0 aromatic carbocycles. The molecule has 2 fully saturated rings. The Morgan fingerprint density at radius 1 is 1.00 bits per heavy atom. The van der Waals surface area contributed by atoms with Crippen LogP contribution in [-0.2, 0) is 14.2 Å². The highest BCUT2D eigenvalue weighted by atomic mass is 16.5. The van der Waals surface area contributed by atoms with Gasteiger partial charge in [0, 0.05) is 45.4 Å². The van der Waals surface area contributed by atoms with Gasteiger partial charge in [0.1, 0.15) is 0 Å². The van der Waals surface area contributed by atoms with E-state index >= 15 is 0 Å². The maximum Gasteiger partial charge on any atom is 0.191 e. The van der Waals surface area contributed by atoms with Crippen molar-refractivity contribution in [2.45, 2.75) is 57.4 Å². The van der Waals surface area contributed by atoms with Crippen LogP contribution in [0.4, 0.5) is 0 Å². The van der Waals surface area contributed by atoms with Crippen molar-refractivity contribution < 1.29 is 14.2 Å². The molecule has 0 unspecified atom stereocenters. The van der Waals surface area contributed by atoms with Gasteiger partial charge in [-0.25, -0.2) is 0 Å². The van der Waals surface area contributed by atoms with Gasteiger partial charge in [-0.15, -0.1) is 0 Å². The summed E-state index contributed by atoms with van der Waals surface area (Å²) in [7, 11) is 1.83. The van der Waals surface area contributed by atoms with E-state index < -0.39 is 0 Å². The van der Waals surface area contributed by atoms with Gasteiger partial charge in [-0.1, -0.05) is 32.6 Å². The summed E-state index contributed by atoms with van der Waals surface area (Å²) in [5.41, 5.74) is 0.242. The Kier molecular flexibility index (Phi) is 11.8. The van der Waals surface area contributed by atoms with Crippen molar-refractivity contribution in [3.63, 3.8) is 0 Å². The minimum absolute atomic E-state index is 0.242. The predicted molar refractivity (Wildman–Crippen MR) is 114 cm³/mol. The minimum Gasteiger partial charge on any atom is -0.379 e. The van der Waals surface area contributed by atoms with Crippen LogP contribution in [0.25, 0.3) is 0 Å². The monoisotopic (exact) mass is 398 g/mol. The molecule has 1 heterocycles. The van der Waals surface area contributed by atoms with E-state index in [1.165, 1.54) is 38.5 Å². The molecule has 1 aliphatic heterocycles. The van der Waals surface area contributed by atoms with Crippen molar-refractivity contribution >= 4 is 5.96 Å². The Morgan fingerprint density at radius 2 is 1.71 bits per heavy atom. The number of morpholine rings is 1. The zero-order valence-corrected chi connectivity index (χ0v) is 18.1. The van der Waals surface area contributed by atoms with Crippen LogP contribution < -0.4 is 10.6 Å². The Bertz CT molecular complexity index is 422. The zero-order valence-electron chi connectivity index (χ0n) is 18.1. The average Bonchev–Trinajstić information content (AvgIpc) is 2.76. The lowest BCUT2D eigenvalue weighted by atomic mass is 9.80. The summed E-state index contributed by atoms with van der Waals surface area (Å²) in [6.45, 7) is 10.5. The van der Waals surface area contributed by atoms with Crippen LogP contribution in [0.1, 0.15) is 51.9 Å². The number of aliphatic imine (C=N–C) groups is 1. The molecular weight excluding hydrogens is 356 g/mol. The zero-order chi connectivity index (χ0) is 19.9. The van der Waals surface area contributed by atoms with Gasteiger partial charge in [0.25, 0.3) is 0 Å². The number of guanidine groups is 1. The van der Waals surface area contributed by atoms with E-state index in [1.54, 1.807) is 0 Å². The first kappa shape index (κ1) is 23.4. The number of nitrogens with one attached hydrogen (secondary N) is 2. The molecule has 28 heavy (non-hydrogen) atoms. The standard InChI is InChI=1S/C21H42N4O3/c1-3-4-13-26-17-18-27-14-10-23-20(22-2)24-19-21(8-6-5-7-9-21)25-11-15-28-16-12-25/h3-19H2,1-2H3,(H2,22,23,24). The largest absolute Gasteiger partial charge is 0.379 e. The first-order valence-corrected chi connectivity index (χ1v) is 11.2. The molecule has 2 N–H and O–H groups in total. The second kappa shape index (κ2) is 14.1. The van der Waals surface area contributed by atoms with Gasteiger partial charge in [0.2, 0.25) is 0 Å². The van der Waals surface area contributed by atoms with Gasteiger partial charge in [0.15, 0.2) is 5.96 Å². The molecule has 0 amide bonds. The lowest BCUT2D eigenvalue weighted by Gasteiger charge is -2.48. The molecule has 0 radical (unpaired) electrons.